The monoisotopic (exact) mass is 707 g/mol. The Bertz CT molecular complexity index is 613. The summed E-state index contributed by atoms with van der Waals surface area (Å²) in [6.07, 6.45) is 50.6. The molecule has 3 aliphatic rings. The van der Waals surface area contributed by atoms with Gasteiger partial charge in [-0.25, -0.2) is 0 Å². The minimum absolute atomic E-state index is 0.346. The van der Waals surface area contributed by atoms with Gasteiger partial charge in [0.1, 0.15) is 0 Å². The summed E-state index contributed by atoms with van der Waals surface area (Å²) < 4.78 is 20.5. The van der Waals surface area contributed by atoms with E-state index in [0.29, 0.717) is 18.3 Å². The number of hydrogen-bond donors (Lipinski definition) is 0. The summed E-state index contributed by atoms with van der Waals surface area (Å²) in [5.74, 6) is 2.75. The summed E-state index contributed by atoms with van der Waals surface area (Å²) in [6, 6.07) is 0. The zero-order valence-electron chi connectivity index (χ0n) is 33.6. The summed E-state index contributed by atoms with van der Waals surface area (Å²) >= 11 is 0. The van der Waals surface area contributed by atoms with Gasteiger partial charge in [0.15, 0.2) is 0 Å². The fourth-order valence-corrected chi connectivity index (χ4v) is 10.7. The molecule has 4 heteroatoms. The lowest BCUT2D eigenvalue weighted by atomic mass is 9.84. The predicted molar refractivity (Wildman–Crippen MR) is 215 cm³/mol. The second-order valence-electron chi connectivity index (χ2n) is 17.2. The molecule has 0 bridgehead atoms. The van der Waals surface area contributed by atoms with Gasteiger partial charge in [-0.1, -0.05) is 175 Å². The first-order valence-electron chi connectivity index (χ1n) is 23.0. The molecule has 0 radical (unpaired) electrons. The molecular weight excluding hydrogens is 619 g/mol. The van der Waals surface area contributed by atoms with E-state index in [2.05, 4.69) is 20.8 Å². The first-order chi connectivity index (χ1) is 24.2. The van der Waals surface area contributed by atoms with Crippen LogP contribution in [-0.4, -0.2) is 18.3 Å². The van der Waals surface area contributed by atoms with Crippen molar-refractivity contribution in [1.82, 2.24) is 0 Å². The molecule has 0 heterocycles. The van der Waals surface area contributed by atoms with E-state index >= 15 is 0 Å². The Balaban J connectivity index is 1.36. The summed E-state index contributed by atoms with van der Waals surface area (Å²) in [6.45, 7) is 6.94. The Morgan fingerprint density at radius 1 is 0.306 bits per heavy atom. The van der Waals surface area contributed by atoms with Crippen LogP contribution in [0.1, 0.15) is 252 Å². The quantitative estimate of drug-likeness (QED) is 0.0550. The van der Waals surface area contributed by atoms with Crippen LogP contribution in [0.5, 0.6) is 0 Å². The maximum atomic E-state index is 6.84. The van der Waals surface area contributed by atoms with Crippen molar-refractivity contribution in [3.63, 3.8) is 0 Å². The van der Waals surface area contributed by atoms with Crippen LogP contribution >= 0.6 is 8.60 Å². The molecule has 0 saturated heterocycles. The second kappa shape index (κ2) is 29.7. The van der Waals surface area contributed by atoms with Gasteiger partial charge in [0, 0.05) is 0 Å². The van der Waals surface area contributed by atoms with Crippen LogP contribution in [0, 0.1) is 17.8 Å². The molecule has 3 saturated carbocycles. The Morgan fingerprint density at radius 3 is 0.776 bits per heavy atom. The van der Waals surface area contributed by atoms with E-state index in [9.17, 15) is 0 Å². The van der Waals surface area contributed by atoms with Crippen molar-refractivity contribution in [2.45, 2.75) is 270 Å². The van der Waals surface area contributed by atoms with Gasteiger partial charge >= 0.3 is 8.60 Å². The van der Waals surface area contributed by atoms with Gasteiger partial charge in [-0.15, -0.1) is 0 Å². The lowest BCUT2D eigenvalue weighted by Gasteiger charge is -2.36. The Hall–Kier alpha value is 0.310. The van der Waals surface area contributed by atoms with E-state index in [-0.39, 0.29) is 0 Å². The maximum Gasteiger partial charge on any atom is 0.333 e. The molecule has 0 aliphatic heterocycles. The smallest absolute Gasteiger partial charge is 0.309 e. The van der Waals surface area contributed by atoms with Crippen molar-refractivity contribution in [2.75, 3.05) is 0 Å². The molecule has 3 aliphatic carbocycles. The van der Waals surface area contributed by atoms with Crippen LogP contribution < -0.4 is 0 Å². The average molecular weight is 707 g/mol. The van der Waals surface area contributed by atoms with Crippen molar-refractivity contribution in [1.29, 1.82) is 0 Å². The average Bonchev–Trinajstić information content (AvgIpc) is 3.12. The van der Waals surface area contributed by atoms with Crippen LogP contribution in [0.4, 0.5) is 0 Å². The lowest BCUT2D eigenvalue weighted by Crippen LogP contribution is -2.26. The number of hydrogen-bond acceptors (Lipinski definition) is 3. The highest BCUT2D eigenvalue weighted by atomic mass is 31.2. The van der Waals surface area contributed by atoms with Crippen molar-refractivity contribution in [3.05, 3.63) is 0 Å². The third-order valence-corrected chi connectivity index (χ3v) is 14.1. The standard InChI is InChI=1S/C45H87O3P/c1-4-7-10-13-16-19-22-25-40-28-34-43(35-29-40)46-49(47-44-36-30-41(31-37-44)26-23-20-17-14-11-8-5-2)48-45-38-32-42(33-39-45)27-24-21-18-15-12-9-6-3/h40-45H,4-39H2,1-3H3. The van der Waals surface area contributed by atoms with Gasteiger partial charge in [-0.3, -0.25) is 0 Å². The Labute approximate surface area is 309 Å². The lowest BCUT2D eigenvalue weighted by molar-refractivity contribution is 0.0224. The van der Waals surface area contributed by atoms with Crippen molar-refractivity contribution >= 4 is 8.60 Å². The molecule has 0 amide bonds. The number of rotatable bonds is 30. The second-order valence-corrected chi connectivity index (χ2v) is 18.3. The topological polar surface area (TPSA) is 27.7 Å². The van der Waals surface area contributed by atoms with E-state index in [1.165, 1.54) is 231 Å². The molecule has 0 spiro atoms. The van der Waals surface area contributed by atoms with Gasteiger partial charge in [0.2, 0.25) is 0 Å². The van der Waals surface area contributed by atoms with E-state index in [0.717, 1.165) is 17.8 Å². The van der Waals surface area contributed by atoms with Crippen LogP contribution in [0.15, 0.2) is 0 Å². The van der Waals surface area contributed by atoms with E-state index in [1.807, 2.05) is 0 Å². The van der Waals surface area contributed by atoms with Crippen molar-refractivity contribution in [3.8, 4) is 0 Å². The van der Waals surface area contributed by atoms with Gasteiger partial charge < -0.3 is 13.6 Å². The Morgan fingerprint density at radius 2 is 0.531 bits per heavy atom. The van der Waals surface area contributed by atoms with Crippen LogP contribution in [-0.2, 0) is 13.6 Å². The fraction of sp³-hybridized carbons (Fsp3) is 1.00. The predicted octanol–water partition coefficient (Wildman–Crippen LogP) is 16.4. The SMILES string of the molecule is CCCCCCCCCC1CCC(OP(OC2CCC(CCCCCCCCC)CC2)OC2CCC(CCCCCCCCC)CC2)CC1. The molecular formula is C45H87O3P. The highest BCUT2D eigenvalue weighted by Gasteiger charge is 2.33. The van der Waals surface area contributed by atoms with E-state index < -0.39 is 8.60 Å². The van der Waals surface area contributed by atoms with E-state index in [4.69, 9.17) is 13.6 Å². The summed E-state index contributed by atoms with van der Waals surface area (Å²) in [4.78, 5) is 0. The van der Waals surface area contributed by atoms with Gasteiger partial charge in [-0.05, 0) is 94.8 Å². The minimum Gasteiger partial charge on any atom is -0.309 e. The van der Waals surface area contributed by atoms with Crippen LogP contribution in [0.2, 0.25) is 0 Å². The molecule has 0 unspecified atom stereocenters. The molecule has 3 fully saturated rings. The normalized spacial score (nSPS) is 27.0. The van der Waals surface area contributed by atoms with Crippen LogP contribution in [0.25, 0.3) is 0 Å². The van der Waals surface area contributed by atoms with Crippen LogP contribution in [0.3, 0.4) is 0 Å². The highest BCUT2D eigenvalue weighted by molar-refractivity contribution is 7.41. The minimum atomic E-state index is -1.24. The largest absolute Gasteiger partial charge is 0.333 e. The molecule has 0 aromatic rings. The molecule has 3 nitrogen and oxygen atoms in total. The number of unbranched alkanes of at least 4 members (excludes halogenated alkanes) is 18. The highest BCUT2D eigenvalue weighted by Crippen LogP contribution is 2.50. The molecule has 49 heavy (non-hydrogen) atoms. The zero-order chi connectivity index (χ0) is 34.6. The molecule has 0 N–H and O–H groups in total. The summed E-state index contributed by atoms with van der Waals surface area (Å²) in [5, 5.41) is 0. The third kappa shape index (κ3) is 21.6. The first-order valence-corrected chi connectivity index (χ1v) is 24.1. The summed E-state index contributed by atoms with van der Waals surface area (Å²) in [5.41, 5.74) is 0. The molecule has 3 rings (SSSR count). The third-order valence-electron chi connectivity index (χ3n) is 12.7. The van der Waals surface area contributed by atoms with Gasteiger partial charge in [0.05, 0.1) is 18.3 Å². The zero-order valence-corrected chi connectivity index (χ0v) is 34.5. The van der Waals surface area contributed by atoms with E-state index in [1.54, 1.807) is 0 Å². The van der Waals surface area contributed by atoms with Gasteiger partial charge in [-0.2, -0.15) is 0 Å². The van der Waals surface area contributed by atoms with Gasteiger partial charge in [0.25, 0.3) is 0 Å². The van der Waals surface area contributed by atoms with Crippen molar-refractivity contribution in [2.24, 2.45) is 17.8 Å². The maximum absolute atomic E-state index is 6.84. The first kappa shape index (κ1) is 43.7. The molecule has 0 atom stereocenters. The molecule has 290 valence electrons. The molecule has 0 aromatic heterocycles. The molecule has 0 aromatic carbocycles. The van der Waals surface area contributed by atoms with Crippen molar-refractivity contribution < 1.29 is 13.6 Å². The fourth-order valence-electron chi connectivity index (χ4n) is 9.19. The Kier molecular flexibility index (Phi) is 26.5. The summed E-state index contributed by atoms with van der Waals surface area (Å²) in [7, 11) is -1.24.